The number of hydrogen-bond donors (Lipinski definition) is 2. The SMILES string of the molecule is COC(=O)C1=C(CN2CCN3C(=O)N([C@H]4C[C@@H](C(=O)O)N(C(C)C)C4)CC3C2)NC(c2nccs2)=NC1c1ccc(F)cc1Cl. The number of methoxy groups -OCH3 is 1. The molecule has 0 saturated carbocycles. The Bertz CT molecular complexity index is 1550. The minimum atomic E-state index is -0.864. The molecule has 6 rings (SSSR count). The van der Waals surface area contributed by atoms with Crippen molar-refractivity contribution in [3.05, 3.63) is 62.5 Å². The fraction of sp³-hybridized carbons (Fsp3) is 0.500. The van der Waals surface area contributed by atoms with Crippen molar-refractivity contribution in [1.29, 1.82) is 0 Å². The van der Waals surface area contributed by atoms with Crippen LogP contribution < -0.4 is 5.32 Å². The van der Waals surface area contributed by atoms with E-state index in [0.717, 1.165) is 0 Å². The lowest BCUT2D eigenvalue weighted by Crippen LogP contribution is -2.53. The molecule has 2 unspecified atom stereocenters. The van der Waals surface area contributed by atoms with E-state index in [1.54, 1.807) is 6.20 Å². The average Bonchev–Trinajstić information content (AvgIpc) is 3.76. The van der Waals surface area contributed by atoms with Gasteiger partial charge in [0.2, 0.25) is 0 Å². The number of halogens is 2. The molecule has 0 spiro atoms. The zero-order chi connectivity index (χ0) is 32.0. The van der Waals surface area contributed by atoms with E-state index >= 15 is 0 Å². The predicted molar refractivity (Wildman–Crippen MR) is 166 cm³/mol. The number of carboxylic acids is 1. The summed E-state index contributed by atoms with van der Waals surface area (Å²) in [4.78, 5) is 55.8. The Morgan fingerprint density at radius 1 is 1.20 bits per heavy atom. The number of rotatable bonds is 8. The number of aromatic nitrogens is 1. The second-order valence-electron chi connectivity index (χ2n) is 11.9. The summed E-state index contributed by atoms with van der Waals surface area (Å²) in [6.07, 6.45) is 2.06. The Morgan fingerprint density at radius 2 is 2.00 bits per heavy atom. The number of carbonyl (C=O) groups excluding carboxylic acids is 2. The highest BCUT2D eigenvalue weighted by Gasteiger charge is 2.48. The number of esters is 1. The van der Waals surface area contributed by atoms with Crippen LogP contribution in [0.2, 0.25) is 5.02 Å². The number of amidine groups is 1. The van der Waals surface area contributed by atoms with E-state index in [4.69, 9.17) is 21.3 Å². The zero-order valence-electron chi connectivity index (χ0n) is 25.2. The third kappa shape index (κ3) is 6.03. The van der Waals surface area contributed by atoms with E-state index in [2.05, 4.69) is 15.2 Å². The Hall–Kier alpha value is -3.59. The lowest BCUT2D eigenvalue weighted by Gasteiger charge is -2.38. The van der Waals surface area contributed by atoms with Gasteiger partial charge in [0, 0.05) is 79.2 Å². The third-order valence-corrected chi connectivity index (χ3v) is 10.1. The first-order valence-electron chi connectivity index (χ1n) is 14.8. The summed E-state index contributed by atoms with van der Waals surface area (Å²) >= 11 is 7.86. The number of urea groups is 1. The van der Waals surface area contributed by atoms with Crippen LogP contribution in [0.4, 0.5) is 9.18 Å². The van der Waals surface area contributed by atoms with Crippen LogP contribution in [-0.2, 0) is 14.3 Å². The first-order valence-corrected chi connectivity index (χ1v) is 16.1. The standard InChI is InChI=1S/C30H35ClFN7O5S/c1-16(2)38-13-18(11-23(38)28(40)41)39-14-19-12-36(7-8-37(19)30(39)43)15-22-24(29(42)44-3)25(20-5-4-17(32)10-21(20)31)35-26(34-22)27-33-6-9-45-27/h4-6,9-10,16,18-19,23,25H,7-8,11-15H2,1-3H3,(H,34,35)(H,40,41)/t18-,19?,23-,25?/m0/s1. The van der Waals surface area contributed by atoms with E-state index in [1.807, 2.05) is 33.9 Å². The van der Waals surface area contributed by atoms with Gasteiger partial charge in [0.15, 0.2) is 10.8 Å². The van der Waals surface area contributed by atoms with Crippen LogP contribution in [0.5, 0.6) is 0 Å². The summed E-state index contributed by atoms with van der Waals surface area (Å²) in [7, 11) is 1.30. The maximum atomic E-state index is 14.0. The molecule has 1 aromatic heterocycles. The molecule has 4 aliphatic heterocycles. The third-order valence-electron chi connectivity index (χ3n) is 8.98. The van der Waals surface area contributed by atoms with E-state index in [9.17, 15) is 23.9 Å². The molecule has 15 heteroatoms. The molecule has 2 aromatic rings. The quantitative estimate of drug-likeness (QED) is 0.411. The van der Waals surface area contributed by atoms with Gasteiger partial charge in [-0.05, 0) is 32.4 Å². The highest BCUT2D eigenvalue weighted by Crippen LogP contribution is 2.37. The van der Waals surface area contributed by atoms with Gasteiger partial charge in [-0.25, -0.2) is 19.0 Å². The number of piperazine rings is 1. The van der Waals surface area contributed by atoms with Crippen molar-refractivity contribution in [2.24, 2.45) is 4.99 Å². The number of amides is 2. The van der Waals surface area contributed by atoms with Gasteiger partial charge in [0.25, 0.3) is 0 Å². The van der Waals surface area contributed by atoms with E-state index < -0.39 is 29.8 Å². The highest BCUT2D eigenvalue weighted by molar-refractivity contribution is 7.11. The largest absolute Gasteiger partial charge is 0.480 e. The molecule has 2 amide bonds. The smallest absolute Gasteiger partial charge is 0.338 e. The summed E-state index contributed by atoms with van der Waals surface area (Å²) < 4.78 is 19.2. The monoisotopic (exact) mass is 659 g/mol. The number of nitrogens with zero attached hydrogens (tertiary/aromatic N) is 6. The molecule has 0 aliphatic carbocycles. The second-order valence-corrected chi connectivity index (χ2v) is 13.2. The Labute approximate surface area is 269 Å². The molecule has 5 heterocycles. The zero-order valence-corrected chi connectivity index (χ0v) is 26.7. The minimum absolute atomic E-state index is 0.0542. The number of nitrogens with one attached hydrogen (secondary N) is 1. The van der Waals surface area contributed by atoms with Gasteiger partial charge < -0.3 is 25.0 Å². The Kier molecular flexibility index (Phi) is 8.83. The van der Waals surface area contributed by atoms with Crippen LogP contribution >= 0.6 is 22.9 Å². The second kappa shape index (κ2) is 12.7. The Balaban J connectivity index is 1.25. The van der Waals surface area contributed by atoms with Crippen molar-refractivity contribution in [3.63, 3.8) is 0 Å². The summed E-state index contributed by atoms with van der Waals surface area (Å²) in [6, 6.07) is 2.24. The molecule has 4 atom stereocenters. The highest BCUT2D eigenvalue weighted by atomic mass is 35.5. The molecule has 0 bridgehead atoms. The van der Waals surface area contributed by atoms with Crippen LogP contribution in [0.1, 0.15) is 36.9 Å². The normalized spacial score (nSPS) is 25.9. The maximum absolute atomic E-state index is 14.0. The molecule has 3 saturated heterocycles. The maximum Gasteiger partial charge on any atom is 0.338 e. The number of carboxylic acid groups (broad SMARTS) is 1. The van der Waals surface area contributed by atoms with Gasteiger partial charge >= 0.3 is 18.0 Å². The number of carbonyl (C=O) groups is 3. The topological polar surface area (TPSA) is 131 Å². The van der Waals surface area contributed by atoms with Gasteiger partial charge in [-0.1, -0.05) is 17.7 Å². The van der Waals surface area contributed by atoms with E-state index in [0.29, 0.717) is 67.8 Å². The van der Waals surface area contributed by atoms with Crippen molar-refractivity contribution in [1.82, 2.24) is 29.9 Å². The number of aliphatic carboxylic acids is 1. The van der Waals surface area contributed by atoms with Crippen molar-refractivity contribution < 1.29 is 28.6 Å². The number of benzene rings is 1. The van der Waals surface area contributed by atoms with Gasteiger partial charge in [-0.3, -0.25) is 19.6 Å². The lowest BCUT2D eigenvalue weighted by molar-refractivity contribution is -0.142. The van der Waals surface area contributed by atoms with Gasteiger partial charge in [0.05, 0.1) is 18.7 Å². The minimum Gasteiger partial charge on any atom is -0.480 e. The lowest BCUT2D eigenvalue weighted by atomic mass is 9.95. The van der Waals surface area contributed by atoms with Crippen LogP contribution in [0.15, 0.2) is 46.0 Å². The number of fused-ring (bicyclic) bond motifs is 1. The fourth-order valence-electron chi connectivity index (χ4n) is 6.82. The van der Waals surface area contributed by atoms with Gasteiger partial charge in [-0.2, -0.15) is 0 Å². The number of likely N-dealkylation sites (tertiary alicyclic amines) is 1. The van der Waals surface area contributed by atoms with Gasteiger partial charge in [0.1, 0.15) is 17.9 Å². The summed E-state index contributed by atoms with van der Waals surface area (Å²) in [5, 5.41) is 15.7. The predicted octanol–water partition coefficient (Wildman–Crippen LogP) is 2.81. The molecule has 3 fully saturated rings. The molecule has 0 radical (unpaired) electrons. The van der Waals surface area contributed by atoms with Crippen LogP contribution in [-0.4, -0.2) is 124 Å². The molecule has 4 aliphatic rings. The summed E-state index contributed by atoms with van der Waals surface area (Å²) in [6.45, 7) is 6.89. The first kappa shape index (κ1) is 31.4. The molecule has 45 heavy (non-hydrogen) atoms. The number of ether oxygens (including phenoxy) is 1. The fourth-order valence-corrected chi connectivity index (χ4v) is 7.67. The van der Waals surface area contributed by atoms with Crippen molar-refractivity contribution >= 4 is 46.7 Å². The number of hydrogen-bond acceptors (Lipinski definition) is 10. The van der Waals surface area contributed by atoms with Crippen molar-refractivity contribution in [3.8, 4) is 0 Å². The number of aliphatic imine (C=N–C) groups is 1. The molecule has 12 nitrogen and oxygen atoms in total. The molecule has 240 valence electrons. The molecule has 1 aromatic carbocycles. The summed E-state index contributed by atoms with van der Waals surface area (Å²) in [5.74, 6) is -1.49. The molecular weight excluding hydrogens is 625 g/mol. The number of thiazole rings is 1. The van der Waals surface area contributed by atoms with E-state index in [-0.39, 0.29) is 34.8 Å². The average molecular weight is 660 g/mol. The van der Waals surface area contributed by atoms with Crippen LogP contribution in [0, 0.1) is 5.82 Å². The first-order chi connectivity index (χ1) is 21.5. The van der Waals surface area contributed by atoms with Crippen LogP contribution in [0.3, 0.4) is 0 Å². The van der Waals surface area contributed by atoms with Gasteiger partial charge in [-0.15, -0.1) is 11.3 Å². The van der Waals surface area contributed by atoms with Crippen LogP contribution in [0.25, 0.3) is 0 Å². The van der Waals surface area contributed by atoms with Crippen molar-refractivity contribution in [2.45, 2.75) is 50.5 Å². The molecular formula is C30H35ClFN7O5S. The summed E-state index contributed by atoms with van der Waals surface area (Å²) in [5.41, 5.74) is 1.28. The Morgan fingerprint density at radius 3 is 2.64 bits per heavy atom. The van der Waals surface area contributed by atoms with E-state index in [1.165, 1.54) is 36.6 Å². The molecule has 2 N–H and O–H groups in total. The van der Waals surface area contributed by atoms with Crippen molar-refractivity contribution in [2.75, 3.05) is 46.4 Å².